The zero-order valence-electron chi connectivity index (χ0n) is 10.7. The predicted octanol–water partition coefficient (Wildman–Crippen LogP) is 1.20. The van der Waals surface area contributed by atoms with Crippen molar-refractivity contribution in [2.45, 2.75) is 63.6 Å². The van der Waals surface area contributed by atoms with Gasteiger partial charge in [-0.25, -0.2) is 0 Å². The maximum Gasteiger partial charge on any atom is 0.220 e. The van der Waals surface area contributed by atoms with Gasteiger partial charge in [-0.05, 0) is 25.7 Å². The Kier molecular flexibility index (Phi) is 4.80. The number of carbonyl (C=O) groups excluding carboxylic acids is 1. The maximum atomic E-state index is 11.1. The van der Waals surface area contributed by atoms with Crippen molar-refractivity contribution in [3.8, 4) is 0 Å². The molecule has 0 spiro atoms. The van der Waals surface area contributed by atoms with Gasteiger partial charge in [0.05, 0.1) is 6.10 Å². The van der Waals surface area contributed by atoms with E-state index >= 15 is 0 Å². The molecule has 2 saturated heterocycles. The zero-order chi connectivity index (χ0) is 12.1. The van der Waals surface area contributed by atoms with Gasteiger partial charge >= 0.3 is 0 Å². The van der Waals surface area contributed by atoms with Crippen LogP contribution in [0.15, 0.2) is 0 Å². The summed E-state index contributed by atoms with van der Waals surface area (Å²) in [5.41, 5.74) is 0. The average Bonchev–Trinajstić information content (AvgIpc) is 2.74. The monoisotopic (exact) mass is 240 g/mol. The van der Waals surface area contributed by atoms with Crippen molar-refractivity contribution in [2.24, 2.45) is 0 Å². The van der Waals surface area contributed by atoms with Gasteiger partial charge in [0.2, 0.25) is 5.91 Å². The smallest absolute Gasteiger partial charge is 0.220 e. The fourth-order valence-electron chi connectivity index (χ4n) is 2.73. The lowest BCUT2D eigenvalue weighted by Gasteiger charge is -2.30. The summed E-state index contributed by atoms with van der Waals surface area (Å²) in [6, 6.07) is 0.910. The van der Waals surface area contributed by atoms with E-state index in [2.05, 4.69) is 17.6 Å². The normalized spacial score (nSPS) is 33.7. The van der Waals surface area contributed by atoms with Crippen molar-refractivity contribution in [2.75, 3.05) is 13.2 Å². The molecule has 2 rings (SSSR count). The molecule has 2 fully saturated rings. The molecule has 3 unspecified atom stereocenters. The Bertz CT molecular complexity index is 256. The zero-order valence-corrected chi connectivity index (χ0v) is 10.7. The Morgan fingerprint density at radius 3 is 3.06 bits per heavy atom. The van der Waals surface area contributed by atoms with Gasteiger partial charge in [-0.15, -0.1) is 0 Å². The van der Waals surface area contributed by atoms with E-state index in [1.807, 2.05) is 0 Å². The Balaban J connectivity index is 1.66. The fourth-order valence-corrected chi connectivity index (χ4v) is 2.73. The summed E-state index contributed by atoms with van der Waals surface area (Å²) in [4.78, 5) is 11.1. The number of hydrogen-bond donors (Lipinski definition) is 2. The molecule has 2 aliphatic rings. The SMILES string of the molecule is CCCC1CC(NCC2CCC(=O)N2)CCO1. The highest BCUT2D eigenvalue weighted by Crippen LogP contribution is 2.18. The Morgan fingerprint density at radius 1 is 1.47 bits per heavy atom. The van der Waals surface area contributed by atoms with E-state index in [9.17, 15) is 4.79 Å². The lowest BCUT2D eigenvalue weighted by Crippen LogP contribution is -2.44. The minimum absolute atomic E-state index is 0.202. The molecule has 0 aromatic heterocycles. The third-order valence-electron chi connectivity index (χ3n) is 3.72. The second-order valence-corrected chi connectivity index (χ2v) is 5.21. The molecule has 2 aliphatic heterocycles. The molecule has 17 heavy (non-hydrogen) atoms. The van der Waals surface area contributed by atoms with Gasteiger partial charge in [0.1, 0.15) is 0 Å². The summed E-state index contributed by atoms with van der Waals surface area (Å²) < 4.78 is 5.73. The highest BCUT2D eigenvalue weighted by molar-refractivity contribution is 5.78. The summed E-state index contributed by atoms with van der Waals surface area (Å²) in [5, 5.41) is 6.57. The molecule has 1 amide bonds. The van der Waals surface area contributed by atoms with Crippen LogP contribution in [0.3, 0.4) is 0 Å². The van der Waals surface area contributed by atoms with E-state index in [1.54, 1.807) is 0 Å². The molecule has 4 nitrogen and oxygen atoms in total. The first-order chi connectivity index (χ1) is 8.28. The molecule has 0 saturated carbocycles. The molecule has 3 atom stereocenters. The number of amides is 1. The molecule has 0 bridgehead atoms. The van der Waals surface area contributed by atoms with Crippen LogP contribution in [0.25, 0.3) is 0 Å². The fraction of sp³-hybridized carbons (Fsp3) is 0.923. The van der Waals surface area contributed by atoms with E-state index in [1.165, 1.54) is 12.8 Å². The van der Waals surface area contributed by atoms with E-state index in [0.29, 0.717) is 24.6 Å². The molecule has 98 valence electrons. The van der Waals surface area contributed by atoms with Crippen LogP contribution in [0.5, 0.6) is 0 Å². The molecular weight excluding hydrogens is 216 g/mol. The molecule has 0 aliphatic carbocycles. The highest BCUT2D eigenvalue weighted by atomic mass is 16.5. The summed E-state index contributed by atoms with van der Waals surface area (Å²) in [5.74, 6) is 0.202. The standard InChI is InChI=1S/C13H24N2O2/c1-2-3-12-8-10(6-7-17-12)14-9-11-4-5-13(16)15-11/h10-12,14H,2-9H2,1H3,(H,15,16). The molecule has 2 heterocycles. The van der Waals surface area contributed by atoms with Crippen molar-refractivity contribution in [1.82, 2.24) is 10.6 Å². The van der Waals surface area contributed by atoms with Gasteiger partial charge in [-0.3, -0.25) is 4.79 Å². The predicted molar refractivity (Wildman–Crippen MR) is 66.8 cm³/mol. The maximum absolute atomic E-state index is 11.1. The molecule has 0 aromatic rings. The van der Waals surface area contributed by atoms with Gasteiger partial charge in [0.25, 0.3) is 0 Å². The average molecular weight is 240 g/mol. The van der Waals surface area contributed by atoms with Gasteiger partial charge in [0.15, 0.2) is 0 Å². The number of hydrogen-bond acceptors (Lipinski definition) is 3. The van der Waals surface area contributed by atoms with E-state index in [0.717, 1.165) is 32.4 Å². The van der Waals surface area contributed by atoms with Crippen LogP contribution in [0.1, 0.15) is 45.4 Å². The van der Waals surface area contributed by atoms with Gasteiger partial charge in [0, 0.05) is 31.7 Å². The van der Waals surface area contributed by atoms with Crippen LogP contribution in [0, 0.1) is 0 Å². The summed E-state index contributed by atoms with van der Waals surface area (Å²) in [7, 11) is 0. The Morgan fingerprint density at radius 2 is 2.35 bits per heavy atom. The van der Waals surface area contributed by atoms with Crippen LogP contribution in [-0.4, -0.2) is 37.2 Å². The second kappa shape index (κ2) is 6.36. The molecule has 4 heteroatoms. The van der Waals surface area contributed by atoms with Crippen LogP contribution in [0.4, 0.5) is 0 Å². The van der Waals surface area contributed by atoms with Crippen molar-refractivity contribution in [3.05, 3.63) is 0 Å². The third kappa shape index (κ3) is 3.96. The van der Waals surface area contributed by atoms with Gasteiger partial charge in [-0.2, -0.15) is 0 Å². The summed E-state index contributed by atoms with van der Waals surface area (Å²) in [6.45, 7) is 3.99. The lowest BCUT2D eigenvalue weighted by atomic mass is 10.00. The largest absolute Gasteiger partial charge is 0.378 e. The summed E-state index contributed by atoms with van der Waals surface area (Å²) in [6.07, 6.45) is 6.68. The minimum atomic E-state index is 0.202. The lowest BCUT2D eigenvalue weighted by molar-refractivity contribution is -0.119. The van der Waals surface area contributed by atoms with Gasteiger partial charge in [-0.1, -0.05) is 13.3 Å². The van der Waals surface area contributed by atoms with E-state index < -0.39 is 0 Å². The van der Waals surface area contributed by atoms with Gasteiger partial charge < -0.3 is 15.4 Å². The Labute approximate surface area is 103 Å². The first kappa shape index (κ1) is 12.8. The van der Waals surface area contributed by atoms with Crippen LogP contribution in [-0.2, 0) is 9.53 Å². The number of nitrogens with one attached hydrogen (secondary N) is 2. The third-order valence-corrected chi connectivity index (χ3v) is 3.72. The minimum Gasteiger partial charge on any atom is -0.378 e. The first-order valence-corrected chi connectivity index (χ1v) is 6.92. The highest BCUT2D eigenvalue weighted by Gasteiger charge is 2.24. The quantitative estimate of drug-likeness (QED) is 0.759. The molecule has 0 radical (unpaired) electrons. The van der Waals surface area contributed by atoms with Crippen LogP contribution in [0.2, 0.25) is 0 Å². The summed E-state index contributed by atoms with van der Waals surface area (Å²) >= 11 is 0. The number of ether oxygens (including phenoxy) is 1. The van der Waals surface area contributed by atoms with Crippen molar-refractivity contribution >= 4 is 5.91 Å². The van der Waals surface area contributed by atoms with Crippen LogP contribution >= 0.6 is 0 Å². The van der Waals surface area contributed by atoms with Crippen LogP contribution < -0.4 is 10.6 Å². The second-order valence-electron chi connectivity index (χ2n) is 5.21. The molecule has 0 aromatic carbocycles. The van der Waals surface area contributed by atoms with Crippen molar-refractivity contribution in [1.29, 1.82) is 0 Å². The Hall–Kier alpha value is -0.610. The molecule has 2 N–H and O–H groups in total. The number of rotatable bonds is 5. The molecular formula is C13H24N2O2. The van der Waals surface area contributed by atoms with Crippen molar-refractivity contribution < 1.29 is 9.53 Å². The number of carbonyl (C=O) groups is 1. The van der Waals surface area contributed by atoms with E-state index in [4.69, 9.17) is 4.74 Å². The first-order valence-electron chi connectivity index (χ1n) is 6.92. The van der Waals surface area contributed by atoms with E-state index in [-0.39, 0.29) is 5.91 Å². The van der Waals surface area contributed by atoms with Crippen molar-refractivity contribution in [3.63, 3.8) is 0 Å². The topological polar surface area (TPSA) is 50.4 Å².